The van der Waals surface area contributed by atoms with Crippen LogP contribution in [0.1, 0.15) is 447 Å². The summed E-state index contributed by atoms with van der Waals surface area (Å²) in [7, 11) is -9.93. The molecule has 0 saturated carbocycles. The van der Waals surface area contributed by atoms with Gasteiger partial charge in [-0.15, -0.1) is 0 Å². The molecule has 3 N–H and O–H groups in total. The maximum Gasteiger partial charge on any atom is 0.472 e. The Morgan fingerprint density at radius 1 is 0.267 bits per heavy atom. The minimum atomic E-state index is -4.97. The Bertz CT molecular complexity index is 2050. The summed E-state index contributed by atoms with van der Waals surface area (Å²) < 4.78 is 68.9. The van der Waals surface area contributed by atoms with E-state index in [-0.39, 0.29) is 25.7 Å². The van der Waals surface area contributed by atoms with E-state index in [9.17, 15) is 43.2 Å². The number of phosphoric ester groups is 2. The highest BCUT2D eigenvalue weighted by Gasteiger charge is 2.31. The number of carbonyl (C=O) groups is 4. The molecule has 0 aliphatic heterocycles. The highest BCUT2D eigenvalue weighted by molar-refractivity contribution is 7.47. The quantitative estimate of drug-likeness (QED) is 0.0222. The van der Waals surface area contributed by atoms with Crippen LogP contribution in [-0.4, -0.2) is 96.7 Å². The van der Waals surface area contributed by atoms with Crippen molar-refractivity contribution in [2.24, 2.45) is 23.7 Å². The third-order valence-electron chi connectivity index (χ3n) is 20.8. The molecule has 0 aliphatic rings. The maximum atomic E-state index is 13.1. The van der Waals surface area contributed by atoms with Crippen molar-refractivity contribution < 1.29 is 80.2 Å². The Balaban J connectivity index is 5.24. The highest BCUT2D eigenvalue weighted by Crippen LogP contribution is 2.45. The van der Waals surface area contributed by atoms with Gasteiger partial charge < -0.3 is 33.8 Å². The van der Waals surface area contributed by atoms with Crippen molar-refractivity contribution in [3.8, 4) is 0 Å². The molecule has 0 aromatic heterocycles. The first kappa shape index (κ1) is 103. The normalized spacial score (nSPS) is 14.4. The molecule has 7 atom stereocenters. The molecule has 0 radical (unpaired) electrons. The zero-order valence-corrected chi connectivity index (χ0v) is 71.2. The smallest absolute Gasteiger partial charge is 0.462 e. The van der Waals surface area contributed by atoms with E-state index in [2.05, 4.69) is 55.4 Å². The molecule has 105 heavy (non-hydrogen) atoms. The Kier molecular flexibility index (Phi) is 73.4. The predicted octanol–water partition coefficient (Wildman–Crippen LogP) is 25.9. The molecule has 624 valence electrons. The number of hydrogen-bond acceptors (Lipinski definition) is 15. The van der Waals surface area contributed by atoms with Gasteiger partial charge in [-0.3, -0.25) is 37.3 Å². The van der Waals surface area contributed by atoms with E-state index in [1.807, 2.05) is 0 Å². The van der Waals surface area contributed by atoms with Gasteiger partial charge in [-0.05, 0) is 49.4 Å². The molecule has 17 nitrogen and oxygen atoms in total. The minimum absolute atomic E-state index is 0.107. The predicted molar refractivity (Wildman–Crippen MR) is 432 cm³/mol. The van der Waals surface area contributed by atoms with Gasteiger partial charge in [0.1, 0.15) is 19.3 Å². The van der Waals surface area contributed by atoms with E-state index >= 15 is 0 Å². The highest BCUT2D eigenvalue weighted by atomic mass is 31.2. The van der Waals surface area contributed by atoms with Crippen LogP contribution in [0, 0.1) is 23.7 Å². The Morgan fingerprint density at radius 2 is 0.457 bits per heavy atom. The summed E-state index contributed by atoms with van der Waals surface area (Å²) in [6.45, 7) is 14.4. The number of aliphatic hydroxyl groups is 1. The van der Waals surface area contributed by atoms with Crippen molar-refractivity contribution in [3.63, 3.8) is 0 Å². The number of carbonyl (C=O) groups excluding carboxylic acids is 4. The van der Waals surface area contributed by atoms with Gasteiger partial charge in [0, 0.05) is 25.7 Å². The van der Waals surface area contributed by atoms with Crippen molar-refractivity contribution in [3.05, 3.63) is 0 Å². The Morgan fingerprint density at radius 3 is 0.676 bits per heavy atom. The molecule has 0 spiro atoms. The molecule has 0 bridgehead atoms. The number of esters is 4. The van der Waals surface area contributed by atoms with Gasteiger partial charge in [0.05, 0.1) is 26.4 Å². The summed E-state index contributed by atoms with van der Waals surface area (Å²) in [5.74, 6) is 1.08. The van der Waals surface area contributed by atoms with E-state index in [1.54, 1.807) is 0 Å². The van der Waals surface area contributed by atoms with Crippen LogP contribution in [-0.2, 0) is 65.4 Å². The second-order valence-electron chi connectivity index (χ2n) is 32.4. The molecule has 0 heterocycles. The molecule has 19 heteroatoms. The van der Waals surface area contributed by atoms with Crippen LogP contribution in [0.4, 0.5) is 0 Å². The fraction of sp³-hybridized carbons (Fsp3) is 0.953. The summed E-state index contributed by atoms with van der Waals surface area (Å²) in [6, 6.07) is 0. The van der Waals surface area contributed by atoms with Crippen molar-refractivity contribution in [1.29, 1.82) is 0 Å². The summed E-state index contributed by atoms with van der Waals surface area (Å²) in [5, 5.41) is 10.7. The lowest BCUT2D eigenvalue weighted by Gasteiger charge is -2.21. The molecule has 0 fully saturated rings. The van der Waals surface area contributed by atoms with Crippen LogP contribution in [0.25, 0.3) is 0 Å². The van der Waals surface area contributed by atoms with Crippen molar-refractivity contribution in [1.82, 2.24) is 0 Å². The largest absolute Gasteiger partial charge is 0.472 e. The van der Waals surface area contributed by atoms with E-state index in [4.69, 9.17) is 37.0 Å². The monoisotopic (exact) mass is 1540 g/mol. The molecule has 0 aromatic carbocycles. The van der Waals surface area contributed by atoms with Crippen LogP contribution in [0.5, 0.6) is 0 Å². The molecular formula is C86H168O17P2. The summed E-state index contributed by atoms with van der Waals surface area (Å²) in [5.41, 5.74) is 0. The summed E-state index contributed by atoms with van der Waals surface area (Å²) in [6.07, 6.45) is 63.8. The second kappa shape index (κ2) is 74.8. The molecule has 0 aliphatic carbocycles. The first-order chi connectivity index (χ1) is 50.7. The maximum absolute atomic E-state index is 13.1. The van der Waals surface area contributed by atoms with Crippen LogP contribution in [0.2, 0.25) is 0 Å². The van der Waals surface area contributed by atoms with Gasteiger partial charge in [0.25, 0.3) is 0 Å². The van der Waals surface area contributed by atoms with Gasteiger partial charge in [-0.2, -0.15) is 0 Å². The fourth-order valence-corrected chi connectivity index (χ4v) is 14.8. The summed E-state index contributed by atoms with van der Waals surface area (Å²) >= 11 is 0. The lowest BCUT2D eigenvalue weighted by molar-refractivity contribution is -0.161. The van der Waals surface area contributed by atoms with E-state index in [0.29, 0.717) is 25.7 Å². The number of hydrogen-bond donors (Lipinski definition) is 3. The number of ether oxygens (including phenoxy) is 4. The van der Waals surface area contributed by atoms with Crippen LogP contribution >= 0.6 is 15.6 Å². The number of phosphoric acid groups is 2. The second-order valence-corrected chi connectivity index (χ2v) is 35.3. The van der Waals surface area contributed by atoms with Gasteiger partial charge in [0.2, 0.25) is 0 Å². The summed E-state index contributed by atoms with van der Waals surface area (Å²) in [4.78, 5) is 73.2. The van der Waals surface area contributed by atoms with Crippen LogP contribution < -0.4 is 0 Å². The number of rotatable bonds is 83. The van der Waals surface area contributed by atoms with E-state index in [0.717, 1.165) is 120 Å². The van der Waals surface area contributed by atoms with Gasteiger partial charge in [0.15, 0.2) is 12.2 Å². The van der Waals surface area contributed by atoms with Crippen molar-refractivity contribution in [2.45, 2.75) is 465 Å². The molecule has 0 aromatic rings. The topological polar surface area (TPSA) is 237 Å². The number of aliphatic hydroxyl groups excluding tert-OH is 1. The third-order valence-corrected chi connectivity index (χ3v) is 22.7. The first-order valence-corrected chi connectivity index (χ1v) is 47.3. The zero-order chi connectivity index (χ0) is 77.4. The standard InChI is InChI=1S/C86H168O17P2/c1-9-78(7)64-56-48-40-34-28-22-18-19-25-31-37-43-53-61-68-85(90)102-81(72-96-83(88)66-58-50-41-35-29-23-17-13-15-21-27-33-39-47-55-63-77(5)6)74-100-104(92,93)98-70-80(87)71-99-105(94,95)101-75-82(73-97-84(89)67-59-51-45-44-49-57-65-79(8)10-2)103-86(91)69-60-52-42-36-30-24-16-12-11-14-20-26-32-38-46-54-62-76(3)4/h76-82,87H,9-75H2,1-8H3,(H,92,93)(H,94,95)/t78?,79?,80-,81-,82-/m1/s1. The molecule has 0 rings (SSSR count). The average Bonchev–Trinajstić information content (AvgIpc) is 0.902. The molecule has 0 amide bonds. The number of unbranched alkanes of at least 4 members (excludes halogenated alkanes) is 47. The van der Waals surface area contributed by atoms with E-state index in [1.165, 1.54) is 244 Å². The van der Waals surface area contributed by atoms with Crippen molar-refractivity contribution >= 4 is 39.5 Å². The zero-order valence-electron chi connectivity index (χ0n) is 69.4. The van der Waals surface area contributed by atoms with Gasteiger partial charge in [-0.1, -0.05) is 396 Å². The molecular weight excluding hydrogens is 1370 g/mol. The lowest BCUT2D eigenvalue weighted by atomic mass is 9.99. The van der Waals surface area contributed by atoms with Gasteiger partial charge >= 0.3 is 39.5 Å². The van der Waals surface area contributed by atoms with Crippen molar-refractivity contribution in [2.75, 3.05) is 39.6 Å². The van der Waals surface area contributed by atoms with Crippen LogP contribution in [0.15, 0.2) is 0 Å². The lowest BCUT2D eigenvalue weighted by Crippen LogP contribution is -2.30. The molecule has 0 saturated heterocycles. The average molecular weight is 1540 g/mol. The van der Waals surface area contributed by atoms with Gasteiger partial charge in [-0.25, -0.2) is 9.13 Å². The Hall–Kier alpha value is -1.94. The van der Waals surface area contributed by atoms with E-state index < -0.39 is 97.5 Å². The van der Waals surface area contributed by atoms with Crippen LogP contribution in [0.3, 0.4) is 0 Å². The molecule has 4 unspecified atom stereocenters. The first-order valence-electron chi connectivity index (χ1n) is 44.3. The SMILES string of the molecule is CCC(C)CCCCCCCCCCCCCCCCC(=O)O[C@H](COC(=O)CCCCCCCCCCCCCCCCCC(C)C)COP(=O)(O)OC[C@@H](O)COP(=O)(O)OC[C@@H](COC(=O)CCCCCCCCC(C)CC)OC(=O)CCCCCCCCCCCCCCCCCCC(C)C. The minimum Gasteiger partial charge on any atom is -0.462 e. The Labute approximate surface area is 645 Å². The fourth-order valence-electron chi connectivity index (χ4n) is 13.3. The third kappa shape index (κ3) is 77.2.